The number of fused-ring (bicyclic) bond motifs is 1. The second-order valence-corrected chi connectivity index (χ2v) is 9.17. The topological polar surface area (TPSA) is 54.5 Å². The first-order chi connectivity index (χ1) is 13.7. The number of hydrogen-bond donors (Lipinski definition) is 1. The van der Waals surface area contributed by atoms with Gasteiger partial charge in [-0.1, -0.05) is 43.4 Å². The normalized spacial score (nSPS) is 21.9. The maximum Gasteiger partial charge on any atom is 0.225 e. The van der Waals surface area contributed by atoms with Crippen LogP contribution in [0.3, 0.4) is 0 Å². The third-order valence-electron chi connectivity index (χ3n) is 6.10. The van der Waals surface area contributed by atoms with Crippen molar-refractivity contribution in [2.24, 2.45) is 5.92 Å². The molecule has 5 nitrogen and oxygen atoms in total. The average Bonchev–Trinajstić information content (AvgIpc) is 3.13. The predicted molar refractivity (Wildman–Crippen MR) is 115 cm³/mol. The first-order valence-electron chi connectivity index (χ1n) is 10.7. The molecule has 1 amide bonds. The summed E-state index contributed by atoms with van der Waals surface area (Å²) >= 11 is 1.69. The summed E-state index contributed by atoms with van der Waals surface area (Å²) in [5.41, 5.74) is 1.00. The van der Waals surface area contributed by atoms with Gasteiger partial charge in [0.25, 0.3) is 0 Å². The van der Waals surface area contributed by atoms with E-state index in [9.17, 15) is 4.79 Å². The Balaban J connectivity index is 1.40. The van der Waals surface area contributed by atoms with Crippen molar-refractivity contribution in [1.29, 1.82) is 0 Å². The molecule has 1 atom stereocenters. The Morgan fingerprint density at radius 3 is 2.71 bits per heavy atom. The number of ether oxygens (including phenoxy) is 1. The molecule has 1 saturated heterocycles. The lowest BCUT2D eigenvalue weighted by atomic mass is 9.94. The summed E-state index contributed by atoms with van der Waals surface area (Å²) in [5.74, 6) is 1.18. The van der Waals surface area contributed by atoms with Crippen molar-refractivity contribution in [3.05, 3.63) is 18.2 Å². The van der Waals surface area contributed by atoms with Crippen molar-refractivity contribution >= 4 is 32.6 Å². The molecule has 1 aromatic carbocycles. The Labute approximate surface area is 171 Å². The monoisotopic (exact) mass is 401 g/mol. The first kappa shape index (κ1) is 19.5. The number of rotatable bonds is 4. The quantitative estimate of drug-likeness (QED) is 0.803. The van der Waals surface area contributed by atoms with Crippen LogP contribution in [0.15, 0.2) is 18.2 Å². The number of anilines is 1. The number of carbonyl (C=O) groups is 1. The highest BCUT2D eigenvalue weighted by molar-refractivity contribution is 7.22. The molecule has 4 rings (SSSR count). The Hall–Kier alpha value is -1.82. The lowest BCUT2D eigenvalue weighted by Gasteiger charge is -2.33. The third-order valence-corrected chi connectivity index (χ3v) is 7.18. The molecule has 2 heterocycles. The zero-order chi connectivity index (χ0) is 19.3. The molecule has 6 heteroatoms. The zero-order valence-corrected chi connectivity index (χ0v) is 17.6. The number of aromatic nitrogens is 1. The molecular formula is C22H31N3O2S. The molecule has 2 fully saturated rings. The second-order valence-electron chi connectivity index (χ2n) is 8.17. The Kier molecular flexibility index (Phi) is 6.35. The third kappa shape index (κ3) is 4.59. The van der Waals surface area contributed by atoms with Crippen molar-refractivity contribution in [3.63, 3.8) is 0 Å². The fourth-order valence-corrected chi connectivity index (χ4v) is 5.47. The van der Waals surface area contributed by atoms with Gasteiger partial charge in [-0.15, -0.1) is 0 Å². The highest BCUT2D eigenvalue weighted by Crippen LogP contribution is 2.33. The molecule has 2 aromatic rings. The van der Waals surface area contributed by atoms with Gasteiger partial charge in [-0.05, 0) is 43.9 Å². The van der Waals surface area contributed by atoms with E-state index in [-0.39, 0.29) is 11.8 Å². The fraction of sp³-hybridized carbons (Fsp3) is 0.636. The highest BCUT2D eigenvalue weighted by atomic mass is 32.1. The van der Waals surface area contributed by atoms with Gasteiger partial charge in [0.05, 0.1) is 23.2 Å². The van der Waals surface area contributed by atoms with Crippen LogP contribution in [0.2, 0.25) is 0 Å². The van der Waals surface area contributed by atoms with Gasteiger partial charge in [-0.2, -0.15) is 0 Å². The van der Waals surface area contributed by atoms with Crippen LogP contribution in [-0.4, -0.2) is 37.1 Å². The van der Waals surface area contributed by atoms with Gasteiger partial charge in [0.2, 0.25) is 5.91 Å². The minimum Gasteiger partial charge on any atom is -0.497 e. The summed E-state index contributed by atoms with van der Waals surface area (Å²) < 4.78 is 6.46. The van der Waals surface area contributed by atoms with E-state index in [1.165, 1.54) is 32.1 Å². The lowest BCUT2D eigenvalue weighted by Crippen LogP contribution is -2.46. The van der Waals surface area contributed by atoms with E-state index >= 15 is 0 Å². The average molecular weight is 402 g/mol. The summed E-state index contributed by atoms with van der Waals surface area (Å²) in [7, 11) is 1.69. The maximum atomic E-state index is 12.9. The molecule has 1 aliphatic carbocycles. The smallest absolute Gasteiger partial charge is 0.225 e. The number of methoxy groups -OCH3 is 1. The number of hydrogen-bond acceptors (Lipinski definition) is 5. The van der Waals surface area contributed by atoms with Gasteiger partial charge in [-0.3, -0.25) is 4.79 Å². The molecule has 0 radical (unpaired) electrons. The number of benzene rings is 1. The molecular weight excluding hydrogens is 370 g/mol. The van der Waals surface area contributed by atoms with E-state index in [1.54, 1.807) is 18.4 Å². The summed E-state index contributed by atoms with van der Waals surface area (Å²) in [6.45, 7) is 1.75. The summed E-state index contributed by atoms with van der Waals surface area (Å²) in [4.78, 5) is 20.0. The van der Waals surface area contributed by atoms with E-state index in [0.717, 1.165) is 59.9 Å². The van der Waals surface area contributed by atoms with Gasteiger partial charge in [-0.25, -0.2) is 4.98 Å². The number of thiazole rings is 1. The lowest BCUT2D eigenvalue weighted by molar-refractivity contribution is -0.126. The van der Waals surface area contributed by atoms with Crippen LogP contribution in [-0.2, 0) is 4.79 Å². The zero-order valence-electron chi connectivity index (χ0n) is 16.8. The number of piperidine rings is 1. The van der Waals surface area contributed by atoms with Crippen molar-refractivity contribution < 1.29 is 9.53 Å². The van der Waals surface area contributed by atoms with Gasteiger partial charge in [0, 0.05) is 19.1 Å². The molecule has 1 aliphatic heterocycles. The molecule has 0 bridgehead atoms. The van der Waals surface area contributed by atoms with Gasteiger partial charge in [0.15, 0.2) is 5.13 Å². The van der Waals surface area contributed by atoms with Crippen LogP contribution in [0.5, 0.6) is 5.75 Å². The second kappa shape index (κ2) is 9.12. The minimum atomic E-state index is 0.0701. The van der Waals surface area contributed by atoms with Gasteiger partial charge >= 0.3 is 0 Å². The maximum absolute atomic E-state index is 12.9. The summed E-state index contributed by atoms with van der Waals surface area (Å²) in [6.07, 6.45) is 10.8. The van der Waals surface area contributed by atoms with E-state index in [4.69, 9.17) is 9.72 Å². The van der Waals surface area contributed by atoms with Crippen LogP contribution < -0.4 is 15.0 Å². The van der Waals surface area contributed by atoms with E-state index in [2.05, 4.69) is 10.2 Å². The van der Waals surface area contributed by atoms with Crippen LogP contribution >= 0.6 is 11.3 Å². The van der Waals surface area contributed by atoms with Crippen LogP contribution in [0, 0.1) is 5.92 Å². The van der Waals surface area contributed by atoms with Gasteiger partial charge < -0.3 is 15.0 Å². The predicted octanol–water partition coefficient (Wildman–Crippen LogP) is 4.75. The number of nitrogens with zero attached hydrogens (tertiary/aromatic N) is 2. The van der Waals surface area contributed by atoms with Crippen molar-refractivity contribution in [2.45, 2.75) is 63.8 Å². The van der Waals surface area contributed by atoms with Crippen molar-refractivity contribution in [2.75, 3.05) is 25.1 Å². The van der Waals surface area contributed by atoms with Crippen molar-refractivity contribution in [1.82, 2.24) is 10.3 Å². The Bertz CT molecular complexity index is 798. The summed E-state index contributed by atoms with van der Waals surface area (Å²) in [6, 6.07) is 6.38. The molecule has 28 heavy (non-hydrogen) atoms. The Morgan fingerprint density at radius 2 is 1.93 bits per heavy atom. The fourth-order valence-electron chi connectivity index (χ4n) is 4.44. The molecule has 0 spiro atoms. The molecule has 152 valence electrons. The Morgan fingerprint density at radius 1 is 1.14 bits per heavy atom. The standard InChI is InChI=1S/C22H31N3O2S/c1-27-18-11-12-19-20(14-18)28-22(24-19)25-13-7-8-16(15-25)21(26)23-17-9-5-3-2-4-6-10-17/h11-12,14,16-17H,2-10,13,15H2,1H3,(H,23,26)/t16-/m1/s1. The first-order valence-corrected chi connectivity index (χ1v) is 11.5. The molecule has 1 saturated carbocycles. The summed E-state index contributed by atoms with van der Waals surface area (Å²) in [5, 5.41) is 4.39. The molecule has 0 unspecified atom stereocenters. The minimum absolute atomic E-state index is 0.0701. The van der Waals surface area contributed by atoms with E-state index < -0.39 is 0 Å². The number of nitrogens with one attached hydrogen (secondary N) is 1. The van der Waals surface area contributed by atoms with E-state index in [0.29, 0.717) is 6.04 Å². The van der Waals surface area contributed by atoms with E-state index in [1.807, 2.05) is 18.2 Å². The molecule has 1 aromatic heterocycles. The van der Waals surface area contributed by atoms with Crippen LogP contribution in [0.4, 0.5) is 5.13 Å². The van der Waals surface area contributed by atoms with Crippen LogP contribution in [0.1, 0.15) is 57.8 Å². The number of carbonyl (C=O) groups excluding carboxylic acids is 1. The molecule has 1 N–H and O–H groups in total. The largest absolute Gasteiger partial charge is 0.497 e. The SMILES string of the molecule is COc1ccc2nc(N3CCC[C@@H](C(=O)NC4CCCCCCC4)C3)sc2c1. The highest BCUT2D eigenvalue weighted by Gasteiger charge is 2.28. The van der Waals surface area contributed by atoms with Crippen molar-refractivity contribution in [3.8, 4) is 5.75 Å². The van der Waals surface area contributed by atoms with Gasteiger partial charge in [0.1, 0.15) is 5.75 Å². The van der Waals surface area contributed by atoms with Crippen LogP contribution in [0.25, 0.3) is 10.2 Å². The molecule has 2 aliphatic rings. The number of amides is 1.